The average Bonchev–Trinajstić information content (AvgIpc) is 3.39. The molecular weight excluding hydrogens is 358 g/mol. The first-order valence-electron chi connectivity index (χ1n) is 9.78. The first kappa shape index (κ1) is 18.6. The zero-order valence-electron chi connectivity index (χ0n) is 15.8. The van der Waals surface area contributed by atoms with Crippen LogP contribution >= 0.6 is 0 Å². The van der Waals surface area contributed by atoms with E-state index >= 15 is 0 Å². The van der Waals surface area contributed by atoms with E-state index in [-0.39, 0.29) is 24.3 Å². The summed E-state index contributed by atoms with van der Waals surface area (Å²) >= 11 is 0. The minimum Gasteiger partial charge on any atom is -0.396 e. The predicted octanol–water partition coefficient (Wildman–Crippen LogP) is 0.777. The number of hydrogen-bond acceptors (Lipinski definition) is 5. The highest BCUT2D eigenvalue weighted by molar-refractivity contribution is 5.94. The Morgan fingerprint density at radius 2 is 2.04 bits per heavy atom. The molecule has 8 nitrogen and oxygen atoms in total. The van der Waals surface area contributed by atoms with E-state index in [1.807, 2.05) is 17.0 Å². The first-order valence-corrected chi connectivity index (χ1v) is 9.78. The molecule has 0 saturated carbocycles. The lowest BCUT2D eigenvalue weighted by Crippen LogP contribution is -2.37. The maximum absolute atomic E-state index is 12.8. The number of aryl methyl sites for hydroxylation is 1. The molecule has 2 aliphatic heterocycles. The number of aromatic nitrogens is 3. The lowest BCUT2D eigenvalue weighted by atomic mass is 10.0. The van der Waals surface area contributed by atoms with Crippen LogP contribution in [-0.4, -0.2) is 68.1 Å². The molecule has 1 fully saturated rings. The Kier molecular flexibility index (Phi) is 5.38. The van der Waals surface area contributed by atoms with Gasteiger partial charge in [0.15, 0.2) is 5.69 Å². The average molecular weight is 383 g/mol. The van der Waals surface area contributed by atoms with E-state index < -0.39 is 0 Å². The molecule has 1 atom stereocenters. The van der Waals surface area contributed by atoms with Crippen LogP contribution in [0.3, 0.4) is 0 Å². The van der Waals surface area contributed by atoms with E-state index in [0.717, 1.165) is 23.2 Å². The summed E-state index contributed by atoms with van der Waals surface area (Å²) in [6.45, 7) is 2.41. The van der Waals surface area contributed by atoms with Gasteiger partial charge < -0.3 is 14.9 Å². The first-order chi connectivity index (χ1) is 13.7. The number of pyridine rings is 1. The Labute approximate surface area is 163 Å². The molecule has 0 bridgehead atoms. The smallest absolute Gasteiger partial charge is 0.274 e. The monoisotopic (exact) mass is 383 g/mol. The Balaban J connectivity index is 1.37. The number of rotatable bonds is 5. The lowest BCUT2D eigenvalue weighted by molar-refractivity contribution is -0.132. The molecule has 0 aliphatic carbocycles. The molecule has 2 amide bonds. The molecule has 0 aromatic carbocycles. The van der Waals surface area contributed by atoms with Gasteiger partial charge in [-0.15, -0.1) is 0 Å². The van der Waals surface area contributed by atoms with Crippen LogP contribution in [0, 0.1) is 5.92 Å². The molecule has 0 spiro atoms. The van der Waals surface area contributed by atoms with Crippen LogP contribution in [0.5, 0.6) is 0 Å². The van der Waals surface area contributed by atoms with Gasteiger partial charge in [0.2, 0.25) is 5.91 Å². The number of hydrogen-bond donors (Lipinski definition) is 2. The van der Waals surface area contributed by atoms with Gasteiger partial charge in [0.05, 0.1) is 12.2 Å². The normalized spacial score (nSPS) is 19.0. The Hall–Kier alpha value is -2.74. The van der Waals surface area contributed by atoms with Gasteiger partial charge in [-0.25, -0.2) is 0 Å². The van der Waals surface area contributed by atoms with E-state index in [2.05, 4.69) is 15.2 Å². The quantitative estimate of drug-likeness (QED) is 0.794. The van der Waals surface area contributed by atoms with Crippen molar-refractivity contribution in [1.82, 2.24) is 25.0 Å². The second-order valence-electron chi connectivity index (χ2n) is 7.54. The number of nitrogens with one attached hydrogen (secondary N) is 1. The van der Waals surface area contributed by atoms with Gasteiger partial charge in [0, 0.05) is 56.5 Å². The number of aliphatic hydroxyl groups is 1. The molecule has 1 unspecified atom stereocenters. The molecule has 28 heavy (non-hydrogen) atoms. The van der Waals surface area contributed by atoms with Gasteiger partial charge in [-0.2, -0.15) is 5.10 Å². The minimum absolute atomic E-state index is 0.0779. The second-order valence-corrected chi connectivity index (χ2v) is 7.54. The number of fused-ring (bicyclic) bond motifs is 1. The minimum atomic E-state index is -0.0779. The van der Waals surface area contributed by atoms with Gasteiger partial charge in [0.1, 0.15) is 0 Å². The van der Waals surface area contributed by atoms with Crippen LogP contribution in [0.25, 0.3) is 0 Å². The highest BCUT2D eigenvalue weighted by Crippen LogP contribution is 2.24. The number of aromatic amines is 1. The van der Waals surface area contributed by atoms with Gasteiger partial charge in [0.25, 0.3) is 5.91 Å². The fourth-order valence-electron chi connectivity index (χ4n) is 3.98. The maximum atomic E-state index is 12.8. The summed E-state index contributed by atoms with van der Waals surface area (Å²) in [5.41, 5.74) is 3.35. The number of H-pyrrole nitrogens is 1. The lowest BCUT2D eigenvalue weighted by Gasteiger charge is -2.27. The third kappa shape index (κ3) is 3.77. The Morgan fingerprint density at radius 3 is 2.79 bits per heavy atom. The fraction of sp³-hybridized carbons (Fsp3) is 0.500. The summed E-state index contributed by atoms with van der Waals surface area (Å²) in [4.78, 5) is 33.0. The third-order valence-corrected chi connectivity index (χ3v) is 5.70. The Morgan fingerprint density at radius 1 is 1.21 bits per heavy atom. The van der Waals surface area contributed by atoms with Crippen molar-refractivity contribution >= 4 is 11.8 Å². The SMILES string of the molecule is O=C(CCc1ccncc1)N1CCc2c(C(=O)N3CCC(CO)C3)n[nH]c2C1. The Bertz CT molecular complexity index is 851. The van der Waals surface area contributed by atoms with Crippen LogP contribution in [0.1, 0.15) is 40.2 Å². The van der Waals surface area contributed by atoms with Crippen molar-refractivity contribution < 1.29 is 14.7 Å². The molecule has 8 heteroatoms. The van der Waals surface area contributed by atoms with Crippen LogP contribution in [0.4, 0.5) is 0 Å². The fourth-order valence-corrected chi connectivity index (χ4v) is 3.98. The number of likely N-dealkylation sites (tertiary alicyclic amines) is 1. The molecule has 4 rings (SSSR count). The highest BCUT2D eigenvalue weighted by Gasteiger charge is 2.32. The van der Waals surface area contributed by atoms with E-state index in [4.69, 9.17) is 0 Å². The molecule has 2 N–H and O–H groups in total. The molecule has 0 radical (unpaired) electrons. The van der Waals surface area contributed by atoms with Crippen LogP contribution in [0.2, 0.25) is 0 Å². The van der Waals surface area contributed by atoms with Gasteiger partial charge in [-0.05, 0) is 37.0 Å². The largest absolute Gasteiger partial charge is 0.396 e. The molecule has 2 aliphatic rings. The van der Waals surface area contributed by atoms with E-state index in [1.54, 1.807) is 17.3 Å². The van der Waals surface area contributed by atoms with Gasteiger partial charge in [-0.3, -0.25) is 19.7 Å². The number of carbonyl (C=O) groups is 2. The summed E-state index contributed by atoms with van der Waals surface area (Å²) in [7, 11) is 0. The predicted molar refractivity (Wildman–Crippen MR) is 101 cm³/mol. The van der Waals surface area contributed by atoms with Crippen LogP contribution in [0.15, 0.2) is 24.5 Å². The summed E-state index contributed by atoms with van der Waals surface area (Å²) in [6.07, 6.45) is 6.08. The topological polar surface area (TPSA) is 102 Å². The van der Waals surface area contributed by atoms with E-state index in [1.165, 1.54) is 0 Å². The zero-order valence-corrected chi connectivity index (χ0v) is 15.8. The van der Waals surface area contributed by atoms with Crippen LogP contribution in [-0.2, 0) is 24.2 Å². The zero-order chi connectivity index (χ0) is 19.5. The van der Waals surface area contributed by atoms with Crippen molar-refractivity contribution in [3.05, 3.63) is 47.0 Å². The standard InChI is InChI=1S/C20H25N5O3/c26-13-15-5-9-25(11-15)20(28)19-16-6-10-24(12-17(16)22-23-19)18(27)2-1-14-3-7-21-8-4-14/h3-4,7-8,15,26H,1-2,5-6,9-13H2,(H,22,23). The van der Waals surface area contributed by atoms with Crippen LogP contribution < -0.4 is 0 Å². The summed E-state index contributed by atoms with van der Waals surface area (Å²) < 4.78 is 0. The molecule has 4 heterocycles. The van der Waals surface area contributed by atoms with E-state index in [9.17, 15) is 14.7 Å². The van der Waals surface area contributed by atoms with E-state index in [0.29, 0.717) is 51.1 Å². The summed E-state index contributed by atoms with van der Waals surface area (Å²) in [5, 5.41) is 16.5. The van der Waals surface area contributed by atoms with Crippen molar-refractivity contribution in [2.45, 2.75) is 32.2 Å². The number of aliphatic hydroxyl groups excluding tert-OH is 1. The number of carbonyl (C=O) groups excluding carboxylic acids is 2. The van der Waals surface area contributed by atoms with Crippen molar-refractivity contribution in [1.29, 1.82) is 0 Å². The molecule has 148 valence electrons. The van der Waals surface area contributed by atoms with Crippen molar-refractivity contribution in [2.24, 2.45) is 5.92 Å². The highest BCUT2D eigenvalue weighted by atomic mass is 16.3. The van der Waals surface area contributed by atoms with Crippen molar-refractivity contribution in [2.75, 3.05) is 26.2 Å². The van der Waals surface area contributed by atoms with Crippen molar-refractivity contribution in [3.8, 4) is 0 Å². The third-order valence-electron chi connectivity index (χ3n) is 5.70. The van der Waals surface area contributed by atoms with Crippen molar-refractivity contribution in [3.63, 3.8) is 0 Å². The summed E-state index contributed by atoms with van der Waals surface area (Å²) in [6, 6.07) is 3.85. The summed E-state index contributed by atoms with van der Waals surface area (Å²) in [5.74, 6) is 0.188. The number of nitrogens with zero attached hydrogens (tertiary/aromatic N) is 4. The molecular formula is C20H25N5O3. The second kappa shape index (κ2) is 8.10. The van der Waals surface area contributed by atoms with Gasteiger partial charge in [-0.1, -0.05) is 0 Å². The maximum Gasteiger partial charge on any atom is 0.274 e. The van der Waals surface area contributed by atoms with Gasteiger partial charge >= 0.3 is 0 Å². The molecule has 2 aromatic heterocycles. The number of amides is 2. The molecule has 2 aromatic rings. The molecule has 1 saturated heterocycles.